The van der Waals surface area contributed by atoms with Gasteiger partial charge in [-0.2, -0.15) is 0 Å². The summed E-state index contributed by atoms with van der Waals surface area (Å²) in [5, 5.41) is 4.69. The molecule has 0 spiro atoms. The van der Waals surface area contributed by atoms with Crippen molar-refractivity contribution in [1.82, 2.24) is 4.57 Å². The molecule has 0 amide bonds. The molecule has 2 aromatic heterocycles. The summed E-state index contributed by atoms with van der Waals surface area (Å²) >= 11 is 0. The van der Waals surface area contributed by atoms with Crippen LogP contribution in [0.5, 0.6) is 0 Å². The summed E-state index contributed by atoms with van der Waals surface area (Å²) in [6.45, 7) is 0. The Bertz CT molecular complexity index is 3170. The van der Waals surface area contributed by atoms with Gasteiger partial charge >= 0.3 is 0 Å². The highest BCUT2D eigenvalue weighted by Gasteiger charge is 2.19. The first kappa shape index (κ1) is 33.5. The number of hydrogen-bond acceptors (Lipinski definition) is 3. The molecule has 0 radical (unpaired) electrons. The molecule has 4 nitrogen and oxygen atoms in total. The van der Waals surface area contributed by atoms with Crippen molar-refractivity contribution >= 4 is 77.9 Å². The maximum absolute atomic E-state index is 6.26. The van der Waals surface area contributed by atoms with Crippen LogP contribution in [-0.2, 0) is 0 Å². The predicted molar refractivity (Wildman–Crippen MR) is 243 cm³/mol. The molecule has 4 heteroatoms. The summed E-state index contributed by atoms with van der Waals surface area (Å²) in [5.41, 5.74) is 14.1. The molecule has 274 valence electrons. The van der Waals surface area contributed by atoms with E-state index >= 15 is 0 Å². The van der Waals surface area contributed by atoms with E-state index in [1.807, 2.05) is 12.1 Å². The number of nitrogens with zero attached hydrogens (tertiary/aromatic N) is 3. The van der Waals surface area contributed by atoms with E-state index in [0.29, 0.717) is 0 Å². The van der Waals surface area contributed by atoms with Crippen LogP contribution in [0.3, 0.4) is 0 Å². The van der Waals surface area contributed by atoms with E-state index in [1.165, 1.54) is 21.8 Å². The molecule has 0 saturated heterocycles. The first-order valence-corrected chi connectivity index (χ1v) is 19.7. The fourth-order valence-electron chi connectivity index (χ4n) is 8.46. The van der Waals surface area contributed by atoms with Crippen LogP contribution in [0.2, 0.25) is 0 Å². The van der Waals surface area contributed by atoms with Crippen molar-refractivity contribution in [2.45, 2.75) is 0 Å². The summed E-state index contributed by atoms with van der Waals surface area (Å²) in [6.07, 6.45) is 0. The van der Waals surface area contributed by atoms with Crippen molar-refractivity contribution in [1.29, 1.82) is 0 Å². The number of para-hydroxylation sites is 5. The van der Waals surface area contributed by atoms with Gasteiger partial charge in [0.25, 0.3) is 0 Å². The Morgan fingerprint density at radius 3 is 1.43 bits per heavy atom. The summed E-state index contributed by atoms with van der Waals surface area (Å²) in [6, 6.07) is 79.8. The second-order valence-electron chi connectivity index (χ2n) is 14.6. The quantitative estimate of drug-likeness (QED) is 0.155. The third kappa shape index (κ3) is 5.78. The van der Waals surface area contributed by atoms with Crippen molar-refractivity contribution in [3.63, 3.8) is 0 Å². The van der Waals surface area contributed by atoms with Gasteiger partial charge in [0, 0.05) is 61.4 Å². The van der Waals surface area contributed by atoms with Crippen LogP contribution in [0.4, 0.5) is 34.1 Å². The van der Waals surface area contributed by atoms with E-state index < -0.39 is 0 Å². The number of rotatable bonds is 8. The minimum Gasteiger partial charge on any atom is -0.456 e. The minimum absolute atomic E-state index is 0.896. The molecule has 0 N–H and O–H groups in total. The highest BCUT2D eigenvalue weighted by Crippen LogP contribution is 2.42. The standard InChI is InChI=1S/C54H37N3O/c1-4-14-40(15-5-1)55(41-16-6-2-7-17-41)44-29-31-45(32-30-44)56(43-27-24-38(25-28-43)39-26-34-49-48-21-11-13-23-53(48)58-54(49)36-39)46-33-35-52-50(37-46)47-20-10-12-22-51(47)57(52)42-18-8-3-9-19-42/h1-37H. The van der Waals surface area contributed by atoms with E-state index in [4.69, 9.17) is 4.42 Å². The lowest BCUT2D eigenvalue weighted by Gasteiger charge is -2.28. The Hall–Kier alpha value is -7.82. The average molecular weight is 744 g/mol. The third-order valence-corrected chi connectivity index (χ3v) is 11.2. The number of aromatic nitrogens is 1. The lowest BCUT2D eigenvalue weighted by molar-refractivity contribution is 0.669. The smallest absolute Gasteiger partial charge is 0.136 e. The second-order valence-corrected chi connectivity index (χ2v) is 14.6. The molecule has 2 heterocycles. The molecule has 58 heavy (non-hydrogen) atoms. The highest BCUT2D eigenvalue weighted by molar-refractivity contribution is 6.11. The van der Waals surface area contributed by atoms with Crippen molar-refractivity contribution in [3.05, 3.63) is 224 Å². The number of hydrogen-bond donors (Lipinski definition) is 0. The van der Waals surface area contributed by atoms with Crippen molar-refractivity contribution in [2.75, 3.05) is 9.80 Å². The summed E-state index contributed by atoms with van der Waals surface area (Å²) in [4.78, 5) is 4.66. The molecular formula is C54H37N3O. The van der Waals surface area contributed by atoms with E-state index in [1.54, 1.807) is 0 Å². The fourth-order valence-corrected chi connectivity index (χ4v) is 8.46. The molecule has 0 atom stereocenters. The van der Waals surface area contributed by atoms with Crippen LogP contribution in [0.15, 0.2) is 229 Å². The van der Waals surface area contributed by atoms with Gasteiger partial charge in [0.05, 0.1) is 11.0 Å². The Morgan fingerprint density at radius 1 is 0.293 bits per heavy atom. The molecule has 9 aromatic carbocycles. The monoisotopic (exact) mass is 743 g/mol. The maximum Gasteiger partial charge on any atom is 0.136 e. The van der Waals surface area contributed by atoms with Crippen molar-refractivity contribution in [3.8, 4) is 16.8 Å². The van der Waals surface area contributed by atoms with Crippen molar-refractivity contribution in [2.24, 2.45) is 0 Å². The Balaban J connectivity index is 1.04. The molecule has 0 aliphatic carbocycles. The summed E-state index contributed by atoms with van der Waals surface area (Å²) in [7, 11) is 0. The third-order valence-electron chi connectivity index (χ3n) is 11.2. The Labute approximate surface area is 336 Å². The molecule has 0 fully saturated rings. The van der Waals surface area contributed by atoms with Crippen LogP contribution in [0.25, 0.3) is 60.6 Å². The van der Waals surface area contributed by atoms with E-state index in [-0.39, 0.29) is 0 Å². The van der Waals surface area contributed by atoms with Gasteiger partial charge in [-0.3, -0.25) is 0 Å². The largest absolute Gasteiger partial charge is 0.456 e. The van der Waals surface area contributed by atoms with Crippen molar-refractivity contribution < 1.29 is 4.42 Å². The maximum atomic E-state index is 6.26. The zero-order valence-corrected chi connectivity index (χ0v) is 31.6. The molecule has 0 aliphatic heterocycles. The molecule has 0 unspecified atom stereocenters. The topological polar surface area (TPSA) is 24.6 Å². The molecular weight excluding hydrogens is 707 g/mol. The predicted octanol–water partition coefficient (Wildman–Crippen LogP) is 15.3. The van der Waals surface area contributed by atoms with Crippen LogP contribution < -0.4 is 9.80 Å². The molecule has 0 aliphatic rings. The molecule has 0 saturated carbocycles. The Morgan fingerprint density at radius 2 is 0.759 bits per heavy atom. The van der Waals surface area contributed by atoms with Gasteiger partial charge in [0.15, 0.2) is 0 Å². The van der Waals surface area contributed by atoms with Crippen LogP contribution in [0, 0.1) is 0 Å². The van der Waals surface area contributed by atoms with E-state index in [2.05, 4.69) is 227 Å². The minimum atomic E-state index is 0.896. The number of anilines is 6. The first-order chi connectivity index (χ1) is 28.8. The number of furan rings is 1. The normalized spacial score (nSPS) is 11.4. The van der Waals surface area contributed by atoms with Gasteiger partial charge in [-0.15, -0.1) is 0 Å². The van der Waals surface area contributed by atoms with Crippen LogP contribution in [0.1, 0.15) is 0 Å². The number of fused-ring (bicyclic) bond motifs is 6. The zero-order chi connectivity index (χ0) is 38.4. The average Bonchev–Trinajstić information content (AvgIpc) is 3.83. The first-order valence-electron chi connectivity index (χ1n) is 19.7. The van der Waals surface area contributed by atoms with Gasteiger partial charge in [-0.1, -0.05) is 109 Å². The van der Waals surface area contributed by atoms with E-state index in [9.17, 15) is 0 Å². The summed E-state index contributed by atoms with van der Waals surface area (Å²) < 4.78 is 8.62. The fraction of sp³-hybridized carbons (Fsp3) is 0. The lowest BCUT2D eigenvalue weighted by Crippen LogP contribution is -2.12. The zero-order valence-electron chi connectivity index (χ0n) is 31.6. The molecule has 11 aromatic rings. The molecule has 11 rings (SSSR count). The van der Waals surface area contributed by atoms with Crippen LogP contribution >= 0.6 is 0 Å². The number of benzene rings is 9. The second kappa shape index (κ2) is 14.0. The summed E-state index contributed by atoms with van der Waals surface area (Å²) in [5.74, 6) is 0. The van der Waals surface area contributed by atoms with Gasteiger partial charge in [-0.25, -0.2) is 0 Å². The van der Waals surface area contributed by atoms with Gasteiger partial charge < -0.3 is 18.8 Å². The van der Waals surface area contributed by atoms with E-state index in [0.717, 1.165) is 72.9 Å². The van der Waals surface area contributed by atoms with Crippen LogP contribution in [-0.4, -0.2) is 4.57 Å². The van der Waals surface area contributed by atoms with Gasteiger partial charge in [0.1, 0.15) is 11.2 Å². The lowest BCUT2D eigenvalue weighted by atomic mass is 10.0. The Kier molecular flexibility index (Phi) is 8.11. The SMILES string of the molecule is c1ccc(N(c2ccccc2)c2ccc(N(c3ccc(-c4ccc5c(c4)oc4ccccc45)cc3)c3ccc4c(c3)c3ccccc3n4-c3ccccc3)cc2)cc1. The molecule has 0 bridgehead atoms. The highest BCUT2D eigenvalue weighted by atomic mass is 16.3. The van der Waals surface area contributed by atoms with Gasteiger partial charge in [0.2, 0.25) is 0 Å². The van der Waals surface area contributed by atoms with Gasteiger partial charge in [-0.05, 0) is 126 Å².